The summed E-state index contributed by atoms with van der Waals surface area (Å²) < 4.78 is 7.61. The van der Waals surface area contributed by atoms with E-state index in [4.69, 9.17) is 21.3 Å². The van der Waals surface area contributed by atoms with E-state index in [2.05, 4.69) is 21.2 Å². The minimum atomic E-state index is -0.536. The molecule has 4 aromatic rings. The van der Waals surface area contributed by atoms with E-state index in [1.54, 1.807) is 59.0 Å². The highest BCUT2D eigenvalue weighted by molar-refractivity contribution is 9.10. The Morgan fingerprint density at radius 2 is 1.89 bits per heavy atom. The number of para-hydroxylation sites is 1. The van der Waals surface area contributed by atoms with Crippen LogP contribution in [0.25, 0.3) is 16.6 Å². The standard InChI is InChI=1S/C27H26BrClN4O3/c1-4-15-32(27(35)31-23-8-6-5-7-22(23)28)17(2)25-30-24-16-18(29)9-14-21(24)26(34)33(25)19-10-12-20(36-3)13-11-19/h5-14,16-17H,4,15H2,1-3H3,(H,31,35). The summed E-state index contributed by atoms with van der Waals surface area (Å²) in [6.45, 7) is 4.33. The van der Waals surface area contributed by atoms with Crippen molar-refractivity contribution in [2.75, 3.05) is 19.0 Å². The number of rotatable bonds is 7. The fraction of sp³-hybridized carbons (Fsp3) is 0.222. The van der Waals surface area contributed by atoms with Crippen LogP contribution in [0.15, 0.2) is 76.0 Å². The van der Waals surface area contributed by atoms with Crippen LogP contribution in [0.2, 0.25) is 5.02 Å². The van der Waals surface area contributed by atoms with Crippen molar-refractivity contribution in [2.45, 2.75) is 26.3 Å². The average Bonchev–Trinajstić information content (AvgIpc) is 2.88. The van der Waals surface area contributed by atoms with Gasteiger partial charge in [0, 0.05) is 16.0 Å². The SMILES string of the molecule is CCCN(C(=O)Nc1ccccc1Br)C(C)c1nc2cc(Cl)ccc2c(=O)n1-c1ccc(OC)cc1. The van der Waals surface area contributed by atoms with E-state index >= 15 is 0 Å². The van der Waals surface area contributed by atoms with Gasteiger partial charge in [0.05, 0.1) is 35.4 Å². The number of urea groups is 1. The molecule has 7 nitrogen and oxygen atoms in total. The lowest BCUT2D eigenvalue weighted by Crippen LogP contribution is -2.40. The van der Waals surface area contributed by atoms with Gasteiger partial charge in [-0.05, 0) is 83.9 Å². The van der Waals surface area contributed by atoms with Gasteiger partial charge in [0.2, 0.25) is 0 Å². The highest BCUT2D eigenvalue weighted by atomic mass is 79.9. The van der Waals surface area contributed by atoms with E-state index in [0.717, 1.165) is 10.9 Å². The molecule has 0 aliphatic rings. The van der Waals surface area contributed by atoms with E-state index in [1.807, 2.05) is 38.1 Å². The molecule has 0 aliphatic heterocycles. The maximum atomic E-state index is 13.7. The normalized spacial score (nSPS) is 11.8. The number of fused-ring (bicyclic) bond motifs is 1. The van der Waals surface area contributed by atoms with Crippen molar-refractivity contribution in [1.82, 2.24) is 14.5 Å². The number of nitrogens with one attached hydrogen (secondary N) is 1. The predicted molar refractivity (Wildman–Crippen MR) is 147 cm³/mol. The lowest BCUT2D eigenvalue weighted by Gasteiger charge is -2.30. The van der Waals surface area contributed by atoms with Gasteiger partial charge in [0.25, 0.3) is 5.56 Å². The Hall–Kier alpha value is -3.36. The van der Waals surface area contributed by atoms with Gasteiger partial charge in [0.15, 0.2) is 0 Å². The van der Waals surface area contributed by atoms with Gasteiger partial charge in [-0.1, -0.05) is 30.7 Å². The van der Waals surface area contributed by atoms with Crippen LogP contribution in [0.1, 0.15) is 32.1 Å². The molecule has 36 heavy (non-hydrogen) atoms. The Morgan fingerprint density at radius 3 is 2.56 bits per heavy atom. The van der Waals surface area contributed by atoms with E-state index < -0.39 is 6.04 Å². The maximum absolute atomic E-state index is 13.7. The average molecular weight is 570 g/mol. The smallest absolute Gasteiger partial charge is 0.322 e. The minimum Gasteiger partial charge on any atom is -0.497 e. The van der Waals surface area contributed by atoms with Crippen LogP contribution in [-0.2, 0) is 0 Å². The van der Waals surface area contributed by atoms with Crippen molar-refractivity contribution in [3.63, 3.8) is 0 Å². The van der Waals surface area contributed by atoms with E-state index in [1.165, 1.54) is 0 Å². The van der Waals surface area contributed by atoms with Crippen molar-refractivity contribution < 1.29 is 9.53 Å². The molecule has 1 unspecified atom stereocenters. The molecule has 3 aromatic carbocycles. The molecule has 0 radical (unpaired) electrons. The summed E-state index contributed by atoms with van der Waals surface area (Å²) in [5.41, 5.74) is 1.50. The molecule has 1 heterocycles. The van der Waals surface area contributed by atoms with Crippen LogP contribution in [0.5, 0.6) is 5.75 Å². The van der Waals surface area contributed by atoms with Crippen LogP contribution < -0.4 is 15.6 Å². The van der Waals surface area contributed by atoms with Gasteiger partial charge in [-0.25, -0.2) is 9.78 Å². The summed E-state index contributed by atoms with van der Waals surface area (Å²) in [6.07, 6.45) is 0.722. The Morgan fingerprint density at radius 1 is 1.17 bits per heavy atom. The second-order valence-corrected chi connectivity index (χ2v) is 9.54. The lowest BCUT2D eigenvalue weighted by molar-refractivity contribution is 0.189. The Labute approximate surface area is 222 Å². The van der Waals surface area contributed by atoms with Crippen molar-refractivity contribution in [3.8, 4) is 11.4 Å². The number of aromatic nitrogens is 2. The molecule has 0 bridgehead atoms. The third-order valence-electron chi connectivity index (χ3n) is 5.87. The first kappa shape index (κ1) is 25.7. The van der Waals surface area contributed by atoms with E-state index in [-0.39, 0.29) is 11.6 Å². The highest BCUT2D eigenvalue weighted by Crippen LogP contribution is 2.27. The number of carbonyl (C=O) groups is 1. The summed E-state index contributed by atoms with van der Waals surface area (Å²) >= 11 is 9.70. The number of carbonyl (C=O) groups excluding carboxylic acids is 1. The predicted octanol–water partition coefficient (Wildman–Crippen LogP) is 6.82. The van der Waals surface area contributed by atoms with Crippen LogP contribution in [-0.4, -0.2) is 34.1 Å². The van der Waals surface area contributed by atoms with E-state index in [0.29, 0.717) is 45.4 Å². The number of ether oxygens (including phenoxy) is 1. The summed E-state index contributed by atoms with van der Waals surface area (Å²) in [4.78, 5) is 33.7. The van der Waals surface area contributed by atoms with Crippen molar-refractivity contribution >= 4 is 50.2 Å². The second-order valence-electron chi connectivity index (χ2n) is 8.25. The lowest BCUT2D eigenvalue weighted by atomic mass is 10.1. The molecule has 186 valence electrons. The first-order valence-corrected chi connectivity index (χ1v) is 12.7. The molecule has 4 rings (SSSR count). The third-order valence-corrected chi connectivity index (χ3v) is 6.80. The molecule has 0 saturated heterocycles. The van der Waals surface area contributed by atoms with Crippen LogP contribution in [0.3, 0.4) is 0 Å². The number of nitrogens with zero attached hydrogens (tertiary/aromatic N) is 3. The molecule has 1 aromatic heterocycles. The van der Waals surface area contributed by atoms with Crippen molar-refractivity contribution in [1.29, 1.82) is 0 Å². The third kappa shape index (κ3) is 5.24. The van der Waals surface area contributed by atoms with Gasteiger partial charge >= 0.3 is 6.03 Å². The van der Waals surface area contributed by atoms with Gasteiger partial charge in [-0.2, -0.15) is 0 Å². The number of amides is 2. The fourth-order valence-corrected chi connectivity index (χ4v) is 4.59. The number of hydrogen-bond acceptors (Lipinski definition) is 4. The van der Waals surface area contributed by atoms with Gasteiger partial charge in [0.1, 0.15) is 11.6 Å². The van der Waals surface area contributed by atoms with E-state index in [9.17, 15) is 9.59 Å². The molecule has 9 heteroatoms. The zero-order chi connectivity index (χ0) is 25.8. The summed E-state index contributed by atoms with van der Waals surface area (Å²) in [5.74, 6) is 1.10. The molecule has 1 N–H and O–H groups in total. The largest absolute Gasteiger partial charge is 0.497 e. The number of benzene rings is 3. The van der Waals surface area contributed by atoms with Crippen LogP contribution in [0, 0.1) is 0 Å². The topological polar surface area (TPSA) is 76.5 Å². The molecule has 0 aliphatic carbocycles. The number of methoxy groups -OCH3 is 1. The molecule has 0 fully saturated rings. The fourth-order valence-electron chi connectivity index (χ4n) is 4.04. The number of hydrogen-bond donors (Lipinski definition) is 1. The van der Waals surface area contributed by atoms with Crippen molar-refractivity contribution in [2.24, 2.45) is 0 Å². The maximum Gasteiger partial charge on any atom is 0.322 e. The van der Waals surface area contributed by atoms with Crippen molar-refractivity contribution in [3.05, 3.63) is 92.4 Å². The number of anilines is 1. The quantitative estimate of drug-likeness (QED) is 0.265. The molecular weight excluding hydrogens is 544 g/mol. The summed E-state index contributed by atoms with van der Waals surface area (Å²) in [5, 5.41) is 3.88. The molecular formula is C27H26BrClN4O3. The second kappa shape index (κ2) is 11.1. The summed E-state index contributed by atoms with van der Waals surface area (Å²) in [7, 11) is 1.59. The zero-order valence-electron chi connectivity index (χ0n) is 20.2. The minimum absolute atomic E-state index is 0.244. The number of halogens is 2. The zero-order valence-corrected chi connectivity index (χ0v) is 22.5. The van der Waals surface area contributed by atoms with Crippen LogP contribution >= 0.6 is 27.5 Å². The summed E-state index contributed by atoms with van der Waals surface area (Å²) in [6, 6.07) is 18.7. The molecule has 0 spiro atoms. The molecule has 2 amide bonds. The van der Waals surface area contributed by atoms with Gasteiger partial charge in [-0.15, -0.1) is 0 Å². The Balaban J connectivity index is 1.85. The Kier molecular flexibility index (Phi) is 7.96. The molecule has 1 atom stereocenters. The first-order valence-electron chi connectivity index (χ1n) is 11.5. The highest BCUT2D eigenvalue weighted by Gasteiger charge is 2.27. The first-order chi connectivity index (χ1) is 17.3. The van der Waals surface area contributed by atoms with Crippen LogP contribution in [0.4, 0.5) is 10.5 Å². The van der Waals surface area contributed by atoms with Gasteiger partial charge < -0.3 is 15.0 Å². The Bertz CT molecular complexity index is 1460. The monoisotopic (exact) mass is 568 g/mol. The van der Waals surface area contributed by atoms with Gasteiger partial charge in [-0.3, -0.25) is 9.36 Å². The molecule has 0 saturated carbocycles.